The summed E-state index contributed by atoms with van der Waals surface area (Å²) in [5.41, 5.74) is 0.167. The predicted molar refractivity (Wildman–Crippen MR) is 61.6 cm³/mol. The Bertz CT molecular complexity index is 550. The van der Waals surface area contributed by atoms with Gasteiger partial charge in [0.25, 0.3) is 0 Å². The van der Waals surface area contributed by atoms with Crippen LogP contribution < -0.4 is 4.67 Å². The molecule has 2 nitrogen and oxygen atoms in total. The van der Waals surface area contributed by atoms with Gasteiger partial charge in [0, 0.05) is 15.6 Å². The molecule has 15 heavy (non-hydrogen) atoms. The fraction of sp³-hybridized carbons (Fsp3) is 0. The first-order chi connectivity index (χ1) is 7.16. The van der Waals surface area contributed by atoms with Crippen LogP contribution in [0.4, 0.5) is 10.1 Å². The molecule has 0 bridgehead atoms. The molecular weight excluding hydrogens is 278 g/mol. The first-order valence-electron chi connectivity index (χ1n) is 3.78. The smallest absolute Gasteiger partial charge is 0.179 e. The van der Waals surface area contributed by atoms with Gasteiger partial charge in [-0.2, -0.15) is 4.37 Å². The lowest BCUT2D eigenvalue weighted by Gasteiger charge is -1.95. The number of rotatable bonds is 1. The van der Waals surface area contributed by atoms with Gasteiger partial charge in [-0.3, -0.25) is 0 Å². The summed E-state index contributed by atoms with van der Waals surface area (Å²) in [5, 5.41) is 0.712. The Morgan fingerprint density at radius 1 is 1.33 bits per heavy atom. The van der Waals surface area contributed by atoms with Crippen LogP contribution in [-0.2, 0) is 0 Å². The molecule has 0 saturated heterocycles. The fourth-order valence-electron chi connectivity index (χ4n) is 0.906. The molecule has 0 atom stereocenters. The van der Waals surface area contributed by atoms with Gasteiger partial charge < -0.3 is 0 Å². The van der Waals surface area contributed by atoms with E-state index in [2.05, 4.69) is 9.37 Å². The van der Waals surface area contributed by atoms with Gasteiger partial charge in [-0.05, 0) is 28.5 Å². The van der Waals surface area contributed by atoms with E-state index in [9.17, 15) is 4.39 Å². The molecule has 0 aliphatic carbocycles. The van der Waals surface area contributed by atoms with Crippen molar-refractivity contribution < 1.29 is 4.39 Å². The van der Waals surface area contributed by atoms with E-state index in [1.165, 1.54) is 39.1 Å². The predicted octanol–water partition coefficient (Wildman–Crippen LogP) is 3.88. The zero-order chi connectivity index (χ0) is 10.8. The van der Waals surface area contributed by atoms with Crippen LogP contribution in [0.2, 0.25) is 10.2 Å². The minimum Gasteiger partial charge on any atom is -0.231 e. The van der Waals surface area contributed by atoms with Crippen molar-refractivity contribution >= 4 is 49.8 Å². The molecule has 0 aliphatic rings. The minimum absolute atomic E-state index is 0.167. The maximum absolute atomic E-state index is 13.3. The summed E-state index contributed by atoms with van der Waals surface area (Å²) >= 11 is 11.5. The molecule has 0 N–H and O–H groups in total. The summed E-state index contributed by atoms with van der Waals surface area (Å²) in [6, 6.07) is 4.17. The fourth-order valence-corrected chi connectivity index (χ4v) is 3.06. The summed E-state index contributed by atoms with van der Waals surface area (Å²) in [4.78, 5) is 4.04. The number of nitrogens with zero attached hydrogens (tertiary/aromatic N) is 2. The molecule has 0 spiro atoms. The molecule has 1 aromatic heterocycles. The standard InChI is InChI=1S/C8H3Cl2FN2S2/c9-4-1-2-5(11)6(3-4)12-8-7(10)13-15-14-8/h1-3H. The average molecular weight is 281 g/mol. The molecule has 0 aliphatic heterocycles. The van der Waals surface area contributed by atoms with Crippen molar-refractivity contribution in [3.63, 3.8) is 0 Å². The second kappa shape index (κ2) is 4.57. The zero-order valence-corrected chi connectivity index (χ0v) is 10.2. The SMILES string of the molecule is Fc1ccc(Cl)cc1N=c1ssnc1Cl. The molecule has 0 amide bonds. The lowest BCUT2D eigenvalue weighted by molar-refractivity contribution is 0.629. The summed E-state index contributed by atoms with van der Waals surface area (Å²) in [7, 11) is 2.49. The van der Waals surface area contributed by atoms with Crippen molar-refractivity contribution in [2.75, 3.05) is 0 Å². The second-order valence-corrected chi connectivity index (χ2v) is 5.18. The molecule has 1 heterocycles. The quantitative estimate of drug-likeness (QED) is 0.728. The van der Waals surface area contributed by atoms with E-state index in [4.69, 9.17) is 23.2 Å². The number of hydrogen-bond acceptors (Lipinski definition) is 4. The van der Waals surface area contributed by atoms with Gasteiger partial charge in [0.15, 0.2) is 9.82 Å². The lowest BCUT2D eigenvalue weighted by atomic mass is 10.3. The maximum Gasteiger partial charge on any atom is 0.179 e. The summed E-state index contributed by atoms with van der Waals surface area (Å²) < 4.78 is 17.6. The van der Waals surface area contributed by atoms with Crippen LogP contribution in [0.15, 0.2) is 23.2 Å². The molecule has 2 aromatic rings. The van der Waals surface area contributed by atoms with E-state index in [0.717, 1.165) is 0 Å². The van der Waals surface area contributed by atoms with E-state index in [1.54, 1.807) is 0 Å². The van der Waals surface area contributed by atoms with Crippen LogP contribution in [0, 0.1) is 5.82 Å². The topological polar surface area (TPSA) is 25.2 Å². The molecule has 7 heteroatoms. The van der Waals surface area contributed by atoms with Crippen molar-refractivity contribution in [3.8, 4) is 0 Å². The van der Waals surface area contributed by atoms with E-state index < -0.39 is 5.82 Å². The Morgan fingerprint density at radius 2 is 2.13 bits per heavy atom. The van der Waals surface area contributed by atoms with Crippen molar-refractivity contribution in [2.24, 2.45) is 4.99 Å². The van der Waals surface area contributed by atoms with E-state index >= 15 is 0 Å². The third kappa shape index (κ3) is 2.55. The highest BCUT2D eigenvalue weighted by Gasteiger charge is 2.03. The van der Waals surface area contributed by atoms with Crippen molar-refractivity contribution in [1.82, 2.24) is 4.37 Å². The van der Waals surface area contributed by atoms with Gasteiger partial charge in [0.1, 0.15) is 11.5 Å². The van der Waals surface area contributed by atoms with Crippen LogP contribution in [0.25, 0.3) is 0 Å². The molecule has 1 aromatic carbocycles. The second-order valence-electron chi connectivity index (χ2n) is 2.55. The minimum atomic E-state index is -0.436. The van der Waals surface area contributed by atoms with Crippen LogP contribution in [-0.4, -0.2) is 4.37 Å². The number of halogens is 3. The molecule has 2 rings (SSSR count). The Labute approximate surface area is 102 Å². The Balaban J connectivity index is 2.57. The van der Waals surface area contributed by atoms with Crippen LogP contribution >= 0.6 is 44.1 Å². The highest BCUT2D eigenvalue weighted by atomic mass is 35.5. The summed E-state index contributed by atoms with van der Waals surface area (Å²) in [6.45, 7) is 0. The molecule has 0 unspecified atom stereocenters. The first kappa shape index (κ1) is 11.0. The van der Waals surface area contributed by atoms with Gasteiger partial charge in [0.05, 0.1) is 0 Å². The lowest BCUT2D eigenvalue weighted by Crippen LogP contribution is -1.93. The zero-order valence-electron chi connectivity index (χ0n) is 7.08. The Kier molecular flexibility index (Phi) is 3.35. The van der Waals surface area contributed by atoms with Gasteiger partial charge in [0.2, 0.25) is 0 Å². The number of benzene rings is 1. The van der Waals surface area contributed by atoms with Gasteiger partial charge >= 0.3 is 0 Å². The highest BCUT2D eigenvalue weighted by Crippen LogP contribution is 2.22. The van der Waals surface area contributed by atoms with Crippen LogP contribution in [0.5, 0.6) is 0 Å². The number of hydrogen-bond donors (Lipinski definition) is 0. The largest absolute Gasteiger partial charge is 0.231 e. The first-order valence-corrected chi connectivity index (χ1v) is 6.64. The molecule has 0 radical (unpaired) electrons. The monoisotopic (exact) mass is 280 g/mol. The van der Waals surface area contributed by atoms with Gasteiger partial charge in [-0.1, -0.05) is 23.2 Å². The molecule has 0 fully saturated rings. The highest BCUT2D eigenvalue weighted by molar-refractivity contribution is 7.66. The number of aromatic nitrogens is 1. The van der Waals surface area contributed by atoms with E-state index in [-0.39, 0.29) is 10.8 Å². The van der Waals surface area contributed by atoms with Crippen molar-refractivity contribution in [1.29, 1.82) is 0 Å². The van der Waals surface area contributed by atoms with Crippen molar-refractivity contribution in [3.05, 3.63) is 38.9 Å². The van der Waals surface area contributed by atoms with Gasteiger partial charge in [-0.15, -0.1) is 0 Å². The van der Waals surface area contributed by atoms with Crippen LogP contribution in [0.1, 0.15) is 0 Å². The molecule has 0 saturated carbocycles. The molecular formula is C8H3Cl2FN2S2. The summed E-state index contributed by atoms with van der Waals surface area (Å²) in [6.07, 6.45) is 0. The van der Waals surface area contributed by atoms with E-state index in [0.29, 0.717) is 9.69 Å². The van der Waals surface area contributed by atoms with Gasteiger partial charge in [-0.25, -0.2) is 9.38 Å². The Hall–Kier alpha value is -0.490. The van der Waals surface area contributed by atoms with E-state index in [1.807, 2.05) is 0 Å². The Morgan fingerprint density at radius 3 is 2.80 bits per heavy atom. The third-order valence-corrected chi connectivity index (χ3v) is 3.95. The normalized spacial score (nSPS) is 12.1. The molecule has 78 valence electrons. The average Bonchev–Trinajstić information content (AvgIpc) is 2.58. The van der Waals surface area contributed by atoms with Crippen molar-refractivity contribution in [2.45, 2.75) is 0 Å². The van der Waals surface area contributed by atoms with Crippen LogP contribution in [0.3, 0.4) is 0 Å². The third-order valence-electron chi connectivity index (χ3n) is 1.54. The summed E-state index contributed by atoms with van der Waals surface area (Å²) in [5.74, 6) is -0.436. The maximum atomic E-state index is 13.3.